The average Bonchev–Trinajstić information content (AvgIpc) is 2.87. The number of fused-ring (bicyclic) bond motifs is 2. The zero-order valence-corrected chi connectivity index (χ0v) is 10.5. The van der Waals surface area contributed by atoms with Crippen LogP contribution in [-0.4, -0.2) is 42.5 Å². The minimum Gasteiger partial charge on any atom is -0.389 e. The van der Waals surface area contributed by atoms with Gasteiger partial charge in [-0.3, -0.25) is 0 Å². The van der Waals surface area contributed by atoms with Crippen LogP contribution >= 0.6 is 0 Å². The molecule has 4 unspecified atom stereocenters. The molecule has 4 nitrogen and oxygen atoms in total. The molecule has 0 amide bonds. The fourth-order valence-corrected chi connectivity index (χ4v) is 4.24. The van der Waals surface area contributed by atoms with Gasteiger partial charge in [0.25, 0.3) is 0 Å². The van der Waals surface area contributed by atoms with Gasteiger partial charge in [-0.1, -0.05) is 0 Å². The van der Waals surface area contributed by atoms with Crippen molar-refractivity contribution in [3.8, 4) is 0 Å². The van der Waals surface area contributed by atoms with Gasteiger partial charge in [0.15, 0.2) is 0 Å². The molecule has 3 heterocycles. The van der Waals surface area contributed by atoms with Gasteiger partial charge in [-0.25, -0.2) is 0 Å². The fraction of sp³-hybridized carbons (Fsp3) is 1.00. The first-order chi connectivity index (χ1) is 8.20. The Hall–Kier alpha value is -0.160. The first-order valence-corrected chi connectivity index (χ1v) is 6.99. The molecule has 98 valence electrons. The van der Waals surface area contributed by atoms with Gasteiger partial charge in [0.05, 0.1) is 17.8 Å². The smallest absolute Gasteiger partial charge is 0.0754 e. The summed E-state index contributed by atoms with van der Waals surface area (Å²) >= 11 is 0. The molecule has 3 aliphatic rings. The summed E-state index contributed by atoms with van der Waals surface area (Å²) in [5, 5.41) is 14.5. The SMILES string of the molecule is NCC1(C2(O)CCCNCC2)CC2CCC1O2. The second-order valence-corrected chi connectivity index (χ2v) is 6.02. The minimum atomic E-state index is -0.620. The summed E-state index contributed by atoms with van der Waals surface area (Å²) in [5.74, 6) is 0. The van der Waals surface area contributed by atoms with Crippen LogP contribution in [0.5, 0.6) is 0 Å². The lowest BCUT2D eigenvalue weighted by Crippen LogP contribution is -2.58. The molecule has 0 aromatic heterocycles. The van der Waals surface area contributed by atoms with Gasteiger partial charge in [-0.2, -0.15) is 0 Å². The standard InChI is InChI=1S/C13H24N2O2/c14-9-12(8-10-2-3-11(12)17-10)13(16)4-1-6-15-7-5-13/h10-11,15-16H,1-9,14H2. The maximum Gasteiger partial charge on any atom is 0.0754 e. The number of ether oxygens (including phenoxy) is 1. The second kappa shape index (κ2) is 4.19. The predicted molar refractivity (Wildman–Crippen MR) is 65.7 cm³/mol. The van der Waals surface area contributed by atoms with E-state index in [1.165, 1.54) is 0 Å². The highest BCUT2D eigenvalue weighted by molar-refractivity contribution is 5.12. The third-order valence-corrected chi connectivity index (χ3v) is 5.27. The number of hydrogen-bond acceptors (Lipinski definition) is 4. The largest absolute Gasteiger partial charge is 0.389 e. The van der Waals surface area contributed by atoms with Crippen molar-refractivity contribution < 1.29 is 9.84 Å². The zero-order chi connectivity index (χ0) is 11.9. The maximum atomic E-state index is 11.1. The van der Waals surface area contributed by atoms with Crippen molar-refractivity contribution in [1.82, 2.24) is 5.32 Å². The summed E-state index contributed by atoms with van der Waals surface area (Å²) in [7, 11) is 0. The van der Waals surface area contributed by atoms with Crippen LogP contribution in [0.1, 0.15) is 38.5 Å². The molecule has 2 bridgehead atoms. The minimum absolute atomic E-state index is 0.179. The predicted octanol–water partition coefficient (Wildman–Crippen LogP) is 0.387. The van der Waals surface area contributed by atoms with E-state index in [0.717, 1.165) is 51.6 Å². The molecule has 3 aliphatic heterocycles. The Morgan fingerprint density at radius 1 is 1.29 bits per heavy atom. The van der Waals surface area contributed by atoms with Gasteiger partial charge in [0.2, 0.25) is 0 Å². The van der Waals surface area contributed by atoms with E-state index < -0.39 is 5.60 Å². The first kappa shape index (κ1) is 11.9. The first-order valence-electron chi connectivity index (χ1n) is 6.99. The Kier molecular flexibility index (Phi) is 2.94. The molecular formula is C13H24N2O2. The Labute approximate surface area is 103 Å². The van der Waals surface area contributed by atoms with Crippen LogP contribution in [0.15, 0.2) is 0 Å². The highest BCUT2D eigenvalue weighted by Crippen LogP contribution is 2.55. The lowest BCUT2D eigenvalue weighted by Gasteiger charge is -2.48. The van der Waals surface area contributed by atoms with Gasteiger partial charge in [0.1, 0.15) is 0 Å². The summed E-state index contributed by atoms with van der Waals surface area (Å²) in [6.07, 6.45) is 6.46. The molecule has 0 aromatic carbocycles. The normalized spacial score (nSPS) is 50.5. The Bertz CT molecular complexity index is 289. The van der Waals surface area contributed by atoms with Gasteiger partial charge in [0, 0.05) is 12.0 Å². The van der Waals surface area contributed by atoms with Crippen molar-refractivity contribution in [3.63, 3.8) is 0 Å². The quantitative estimate of drug-likeness (QED) is 0.653. The van der Waals surface area contributed by atoms with E-state index in [9.17, 15) is 5.11 Å². The molecule has 17 heavy (non-hydrogen) atoms. The number of aliphatic hydroxyl groups is 1. The average molecular weight is 240 g/mol. The van der Waals surface area contributed by atoms with Crippen molar-refractivity contribution in [2.45, 2.75) is 56.3 Å². The fourth-order valence-electron chi connectivity index (χ4n) is 4.24. The summed E-state index contributed by atoms with van der Waals surface area (Å²) in [6, 6.07) is 0. The van der Waals surface area contributed by atoms with Gasteiger partial charge < -0.3 is 20.9 Å². The number of nitrogens with one attached hydrogen (secondary N) is 1. The van der Waals surface area contributed by atoms with Crippen molar-refractivity contribution >= 4 is 0 Å². The molecule has 0 radical (unpaired) electrons. The Morgan fingerprint density at radius 2 is 2.18 bits per heavy atom. The summed E-state index contributed by atoms with van der Waals surface area (Å²) in [4.78, 5) is 0. The molecular weight excluding hydrogens is 216 g/mol. The van der Waals surface area contributed by atoms with Gasteiger partial charge >= 0.3 is 0 Å². The van der Waals surface area contributed by atoms with Crippen LogP contribution in [0.25, 0.3) is 0 Å². The van der Waals surface area contributed by atoms with Crippen molar-refractivity contribution in [2.24, 2.45) is 11.1 Å². The van der Waals surface area contributed by atoms with Crippen LogP contribution in [0, 0.1) is 5.41 Å². The van der Waals surface area contributed by atoms with E-state index in [-0.39, 0.29) is 11.5 Å². The second-order valence-electron chi connectivity index (χ2n) is 6.02. The molecule has 0 spiro atoms. The molecule has 0 saturated carbocycles. The summed E-state index contributed by atoms with van der Waals surface area (Å²) < 4.78 is 5.98. The summed E-state index contributed by atoms with van der Waals surface area (Å²) in [5.41, 5.74) is 5.26. The summed E-state index contributed by atoms with van der Waals surface area (Å²) in [6.45, 7) is 2.47. The van der Waals surface area contributed by atoms with Crippen LogP contribution in [0.3, 0.4) is 0 Å². The van der Waals surface area contributed by atoms with E-state index in [2.05, 4.69) is 5.32 Å². The van der Waals surface area contributed by atoms with Gasteiger partial charge in [-0.05, 0) is 51.6 Å². The number of rotatable bonds is 2. The Morgan fingerprint density at radius 3 is 2.82 bits per heavy atom. The highest BCUT2D eigenvalue weighted by atomic mass is 16.5. The third kappa shape index (κ3) is 1.65. The van der Waals surface area contributed by atoms with E-state index in [0.29, 0.717) is 12.6 Å². The number of nitrogens with two attached hydrogens (primary N) is 1. The van der Waals surface area contributed by atoms with Crippen LogP contribution in [0.2, 0.25) is 0 Å². The van der Waals surface area contributed by atoms with E-state index in [1.807, 2.05) is 0 Å². The topological polar surface area (TPSA) is 67.5 Å². The van der Waals surface area contributed by atoms with E-state index in [4.69, 9.17) is 10.5 Å². The third-order valence-electron chi connectivity index (χ3n) is 5.27. The molecule has 3 fully saturated rings. The zero-order valence-electron chi connectivity index (χ0n) is 10.5. The van der Waals surface area contributed by atoms with E-state index in [1.54, 1.807) is 0 Å². The molecule has 4 heteroatoms. The van der Waals surface area contributed by atoms with Crippen molar-refractivity contribution in [3.05, 3.63) is 0 Å². The highest BCUT2D eigenvalue weighted by Gasteiger charge is 2.61. The number of hydrogen-bond donors (Lipinski definition) is 3. The van der Waals surface area contributed by atoms with Crippen LogP contribution < -0.4 is 11.1 Å². The van der Waals surface area contributed by atoms with Crippen LogP contribution in [-0.2, 0) is 4.74 Å². The molecule has 0 aromatic rings. The molecule has 0 aliphatic carbocycles. The molecule has 4 atom stereocenters. The molecule has 4 N–H and O–H groups in total. The van der Waals surface area contributed by atoms with Crippen LogP contribution in [0.4, 0.5) is 0 Å². The Balaban J connectivity index is 1.88. The molecule has 3 saturated heterocycles. The maximum absolute atomic E-state index is 11.1. The lowest BCUT2D eigenvalue weighted by atomic mass is 9.60. The van der Waals surface area contributed by atoms with Crippen molar-refractivity contribution in [1.29, 1.82) is 0 Å². The van der Waals surface area contributed by atoms with Gasteiger partial charge in [-0.15, -0.1) is 0 Å². The monoisotopic (exact) mass is 240 g/mol. The lowest BCUT2D eigenvalue weighted by molar-refractivity contribution is -0.118. The van der Waals surface area contributed by atoms with E-state index >= 15 is 0 Å². The molecule has 3 rings (SSSR count). The van der Waals surface area contributed by atoms with Crippen molar-refractivity contribution in [2.75, 3.05) is 19.6 Å².